The number of imidazole rings is 1. The third-order valence-corrected chi connectivity index (χ3v) is 10.0. The number of nitrogens with zero attached hydrogens (tertiary/aromatic N) is 5. The zero-order chi connectivity index (χ0) is 31.0. The first-order valence-electron chi connectivity index (χ1n) is 15.7. The van der Waals surface area contributed by atoms with E-state index in [9.17, 15) is 9.59 Å². The monoisotopic (exact) mass is 604 g/mol. The molecule has 0 radical (unpaired) electrons. The van der Waals surface area contributed by atoms with Gasteiger partial charge in [0.1, 0.15) is 16.9 Å². The molecule has 230 valence electrons. The Bertz CT molecular complexity index is 1990. The maximum absolute atomic E-state index is 13.7. The molecule has 4 heterocycles. The molecule has 3 aliphatic rings. The number of methoxy groups -OCH3 is 1. The van der Waals surface area contributed by atoms with Gasteiger partial charge in [-0.05, 0) is 73.4 Å². The van der Waals surface area contributed by atoms with E-state index >= 15 is 0 Å². The van der Waals surface area contributed by atoms with Crippen molar-refractivity contribution < 1.29 is 19.4 Å². The number of carboxylic acids is 1. The number of likely N-dealkylation sites (tertiary alicyclic amines) is 1. The van der Waals surface area contributed by atoms with Crippen molar-refractivity contribution in [2.24, 2.45) is 24.6 Å². The van der Waals surface area contributed by atoms with E-state index in [1.54, 1.807) is 7.11 Å². The van der Waals surface area contributed by atoms with Crippen molar-refractivity contribution >= 4 is 33.9 Å². The molecular weight excluding hydrogens is 568 g/mol. The smallest absolute Gasteiger partial charge is 0.307 e. The van der Waals surface area contributed by atoms with Gasteiger partial charge in [0.25, 0.3) is 5.91 Å². The fraction of sp³-hybridized carbons (Fsp3) is 0.371. The molecule has 3 N–H and O–H groups in total. The minimum Gasteiger partial charge on any atom is -0.494 e. The first-order chi connectivity index (χ1) is 21.8. The fourth-order valence-electron chi connectivity index (χ4n) is 7.45. The van der Waals surface area contributed by atoms with Crippen molar-refractivity contribution in [1.29, 1.82) is 0 Å². The van der Waals surface area contributed by atoms with Gasteiger partial charge >= 0.3 is 5.97 Å². The first kappa shape index (κ1) is 27.8. The molecule has 0 spiro atoms. The summed E-state index contributed by atoms with van der Waals surface area (Å²) in [6, 6.07) is 17.7. The molecule has 10 nitrogen and oxygen atoms in total. The summed E-state index contributed by atoms with van der Waals surface area (Å²) in [6.07, 6.45) is 4.42. The summed E-state index contributed by atoms with van der Waals surface area (Å²) in [5, 5.41) is 10.2. The van der Waals surface area contributed by atoms with E-state index in [1.165, 1.54) is 12.8 Å². The fourth-order valence-corrected chi connectivity index (χ4v) is 7.45. The molecule has 1 saturated heterocycles. The Labute approximate surface area is 260 Å². The molecule has 45 heavy (non-hydrogen) atoms. The topological polar surface area (TPSA) is 129 Å². The molecule has 2 saturated carbocycles. The van der Waals surface area contributed by atoms with Crippen LogP contribution in [0.5, 0.6) is 5.75 Å². The van der Waals surface area contributed by atoms with E-state index < -0.39 is 5.97 Å². The van der Waals surface area contributed by atoms with E-state index in [4.69, 9.17) is 25.5 Å². The van der Waals surface area contributed by atoms with Gasteiger partial charge in [0.2, 0.25) is 0 Å². The highest BCUT2D eigenvalue weighted by Crippen LogP contribution is 2.40. The molecule has 2 aromatic carbocycles. The second-order valence-electron chi connectivity index (χ2n) is 12.9. The maximum Gasteiger partial charge on any atom is 0.307 e. The van der Waals surface area contributed by atoms with E-state index in [0.717, 1.165) is 64.3 Å². The minimum atomic E-state index is -0.849. The Kier molecular flexibility index (Phi) is 6.46. The number of hydrogen-bond acceptors (Lipinski definition) is 6. The van der Waals surface area contributed by atoms with Crippen molar-refractivity contribution in [1.82, 2.24) is 24.0 Å². The molecule has 2 aliphatic carbocycles. The second-order valence-corrected chi connectivity index (χ2v) is 12.9. The highest BCUT2D eigenvalue weighted by Gasteiger charge is 2.47. The van der Waals surface area contributed by atoms with E-state index in [0.29, 0.717) is 35.2 Å². The van der Waals surface area contributed by atoms with Gasteiger partial charge in [0.05, 0.1) is 30.4 Å². The molecule has 8 rings (SSSR count). The molecule has 3 fully saturated rings. The average molecular weight is 605 g/mol. The van der Waals surface area contributed by atoms with Crippen LogP contribution in [0.15, 0.2) is 54.6 Å². The highest BCUT2D eigenvalue weighted by atomic mass is 16.5. The lowest BCUT2D eigenvalue weighted by Crippen LogP contribution is -2.41. The third kappa shape index (κ3) is 4.66. The maximum atomic E-state index is 13.7. The summed E-state index contributed by atoms with van der Waals surface area (Å²) in [4.78, 5) is 37.0. The number of ether oxygens (including phenoxy) is 1. The van der Waals surface area contributed by atoms with Crippen molar-refractivity contribution in [3.8, 4) is 28.5 Å². The van der Waals surface area contributed by atoms with Gasteiger partial charge in [0, 0.05) is 48.7 Å². The van der Waals surface area contributed by atoms with Gasteiger partial charge in [-0.25, -0.2) is 9.97 Å². The molecule has 3 unspecified atom stereocenters. The van der Waals surface area contributed by atoms with Crippen LogP contribution in [-0.2, 0) is 24.8 Å². The second kappa shape index (κ2) is 10.4. The number of rotatable bonds is 8. The highest BCUT2D eigenvalue weighted by molar-refractivity contribution is 6.00. The lowest BCUT2D eigenvalue weighted by molar-refractivity contribution is -0.136. The number of aromatic nitrogens is 4. The summed E-state index contributed by atoms with van der Waals surface area (Å²) in [5.74, 6) is 1.51. The number of aliphatic carboxylic acids is 1. The summed E-state index contributed by atoms with van der Waals surface area (Å²) < 4.78 is 10.2. The van der Waals surface area contributed by atoms with Gasteiger partial charge in [0.15, 0.2) is 5.82 Å². The normalized spacial score (nSPS) is 20.9. The number of aryl methyl sites for hydroxylation is 1. The summed E-state index contributed by atoms with van der Waals surface area (Å²) in [6.45, 7) is 1.55. The Morgan fingerprint density at radius 2 is 1.82 bits per heavy atom. The van der Waals surface area contributed by atoms with E-state index in [2.05, 4.69) is 21.3 Å². The number of hydrogen-bond donors (Lipinski definition) is 2. The van der Waals surface area contributed by atoms with Crippen LogP contribution < -0.4 is 10.5 Å². The summed E-state index contributed by atoms with van der Waals surface area (Å²) in [7, 11) is 3.62. The molecular formula is C35H36N6O4. The number of carboxylic acid groups (broad SMARTS) is 1. The van der Waals surface area contributed by atoms with Crippen LogP contribution in [0.2, 0.25) is 0 Å². The average Bonchev–Trinajstić information content (AvgIpc) is 3.44. The summed E-state index contributed by atoms with van der Waals surface area (Å²) in [5.41, 5.74) is 12.9. The van der Waals surface area contributed by atoms with Crippen molar-refractivity contribution in [2.75, 3.05) is 13.7 Å². The number of carbonyl (C=O) groups excluding carboxylic acids is 1. The zero-order valence-corrected chi connectivity index (χ0v) is 25.4. The van der Waals surface area contributed by atoms with Crippen LogP contribution in [-0.4, -0.2) is 66.7 Å². The summed E-state index contributed by atoms with van der Waals surface area (Å²) >= 11 is 0. The third-order valence-electron chi connectivity index (χ3n) is 10.0. The predicted molar refractivity (Wildman–Crippen MR) is 171 cm³/mol. The quantitative estimate of drug-likeness (QED) is 0.259. The Balaban J connectivity index is 1.20. The van der Waals surface area contributed by atoms with Gasteiger partial charge in [-0.2, -0.15) is 0 Å². The van der Waals surface area contributed by atoms with Gasteiger partial charge < -0.3 is 29.6 Å². The number of carbonyl (C=O) groups is 2. The lowest BCUT2D eigenvalue weighted by atomic mass is 10.1. The van der Waals surface area contributed by atoms with Crippen LogP contribution in [0, 0.1) is 11.8 Å². The Morgan fingerprint density at radius 1 is 1.02 bits per heavy atom. The minimum absolute atomic E-state index is 0.00773. The lowest BCUT2D eigenvalue weighted by Gasteiger charge is -2.27. The molecule has 10 heteroatoms. The molecule has 3 aromatic heterocycles. The number of nitrogens with two attached hydrogens (primary N) is 1. The number of amides is 1. The van der Waals surface area contributed by atoms with Crippen LogP contribution in [0.25, 0.3) is 44.8 Å². The van der Waals surface area contributed by atoms with Crippen LogP contribution in [0.4, 0.5) is 0 Å². The van der Waals surface area contributed by atoms with Gasteiger partial charge in [-0.15, -0.1) is 0 Å². The van der Waals surface area contributed by atoms with Gasteiger partial charge in [-0.3, -0.25) is 9.59 Å². The molecule has 5 aromatic rings. The van der Waals surface area contributed by atoms with Crippen molar-refractivity contribution in [2.45, 2.75) is 50.7 Å². The van der Waals surface area contributed by atoms with Gasteiger partial charge in [-0.1, -0.05) is 24.3 Å². The molecule has 1 amide bonds. The largest absolute Gasteiger partial charge is 0.494 e. The van der Waals surface area contributed by atoms with Crippen molar-refractivity contribution in [3.05, 3.63) is 65.7 Å². The predicted octanol–water partition coefficient (Wildman–Crippen LogP) is 4.86. The Hall–Kier alpha value is -4.70. The first-order valence-corrected chi connectivity index (χ1v) is 15.7. The van der Waals surface area contributed by atoms with Crippen LogP contribution in [0.3, 0.4) is 0 Å². The Morgan fingerprint density at radius 3 is 2.49 bits per heavy atom. The number of piperidine rings is 1. The molecule has 1 aliphatic heterocycles. The van der Waals surface area contributed by atoms with Crippen LogP contribution >= 0.6 is 0 Å². The van der Waals surface area contributed by atoms with E-state index in [1.807, 2.05) is 54.4 Å². The van der Waals surface area contributed by atoms with Crippen molar-refractivity contribution in [3.63, 3.8) is 0 Å². The van der Waals surface area contributed by atoms with Crippen LogP contribution in [0.1, 0.15) is 41.6 Å². The number of pyridine rings is 1. The van der Waals surface area contributed by atoms with E-state index in [-0.39, 0.29) is 24.4 Å². The standard InChI is InChI=1S/C35H36N6O4/c1-39-32-26(14-24(16-29(32)45-2)35(44)41-18-23-10-12-27(41)31(23)36)38-34(39)28-15-22-9-11-25(37-33(22)40(28)17-20-3-4-20)21-7-5-19(6-8-21)13-30(42)43/h5-9,11,14-16,20,23,27,31H,3-4,10,12-13,17-18,36H2,1-2H3,(H,42,43). The molecule has 3 atom stereocenters. The molecule has 2 bridgehead atoms. The zero-order valence-electron chi connectivity index (χ0n) is 25.4. The number of benzene rings is 2. The SMILES string of the molecule is COc1cc(C(=O)N2CC3CCC2C3N)cc2nc(-c3cc4ccc(-c5ccc(CC(=O)O)cc5)nc4n3CC3CC3)n(C)c12. The number of fused-ring (bicyclic) bond motifs is 4.